The first-order valence-corrected chi connectivity index (χ1v) is 7.08. The van der Waals surface area contributed by atoms with Gasteiger partial charge in [-0.05, 0) is 32.6 Å². The highest BCUT2D eigenvalue weighted by atomic mass is 16.5. The summed E-state index contributed by atoms with van der Waals surface area (Å²) in [5, 5.41) is 2.78. The number of carbonyl (C=O) groups is 2. The predicted octanol–water partition coefficient (Wildman–Crippen LogP) is 0.927. The van der Waals surface area contributed by atoms with Gasteiger partial charge in [-0.2, -0.15) is 0 Å². The van der Waals surface area contributed by atoms with E-state index in [1.807, 2.05) is 20.8 Å². The highest BCUT2D eigenvalue weighted by molar-refractivity contribution is 5.97. The number of hydrogen-bond donors (Lipinski definition) is 1. The molecule has 19 heavy (non-hydrogen) atoms. The van der Waals surface area contributed by atoms with E-state index in [1.165, 1.54) is 0 Å². The summed E-state index contributed by atoms with van der Waals surface area (Å²) in [4.78, 5) is 26.6. The number of ether oxygens (including phenoxy) is 1. The molecule has 0 aromatic heterocycles. The molecule has 5 nitrogen and oxygen atoms in total. The molecule has 0 aromatic rings. The molecule has 0 bridgehead atoms. The van der Waals surface area contributed by atoms with Crippen molar-refractivity contribution in [2.45, 2.75) is 58.2 Å². The lowest BCUT2D eigenvalue weighted by molar-refractivity contribution is -0.164. The Morgan fingerprint density at radius 1 is 1.42 bits per heavy atom. The van der Waals surface area contributed by atoms with Crippen molar-refractivity contribution in [3.8, 4) is 0 Å². The molecule has 0 spiro atoms. The van der Waals surface area contributed by atoms with Gasteiger partial charge in [0.25, 0.3) is 0 Å². The molecule has 3 atom stereocenters. The Morgan fingerprint density at radius 3 is 2.63 bits per heavy atom. The molecule has 2 amide bonds. The van der Waals surface area contributed by atoms with Gasteiger partial charge in [-0.3, -0.25) is 9.59 Å². The molecule has 3 unspecified atom stereocenters. The van der Waals surface area contributed by atoms with Crippen LogP contribution >= 0.6 is 0 Å². The van der Waals surface area contributed by atoms with Gasteiger partial charge < -0.3 is 15.0 Å². The van der Waals surface area contributed by atoms with Crippen molar-refractivity contribution in [1.29, 1.82) is 0 Å². The molecule has 2 saturated heterocycles. The standard InChI is InChI=1S/C14H24N2O3/c1-9(2)11-12(17)15-10(3)13(18)16(11)14(4)6-5-7-19-8-14/h9-11H,5-8H2,1-4H3,(H,15,17). The quantitative estimate of drug-likeness (QED) is 0.810. The lowest BCUT2D eigenvalue weighted by Gasteiger charge is -2.51. The first-order valence-electron chi connectivity index (χ1n) is 7.08. The second kappa shape index (κ2) is 5.12. The Morgan fingerprint density at radius 2 is 2.11 bits per heavy atom. The monoisotopic (exact) mass is 268 g/mol. The molecule has 2 rings (SSSR count). The minimum atomic E-state index is -0.443. The number of piperazine rings is 1. The Balaban J connectivity index is 2.35. The van der Waals surface area contributed by atoms with E-state index < -0.39 is 12.1 Å². The van der Waals surface area contributed by atoms with Crippen LogP contribution in [0.1, 0.15) is 40.5 Å². The normalized spacial score (nSPS) is 36.6. The highest BCUT2D eigenvalue weighted by Gasteiger charge is 2.49. The van der Waals surface area contributed by atoms with E-state index in [2.05, 4.69) is 5.32 Å². The Hall–Kier alpha value is -1.10. The topological polar surface area (TPSA) is 58.6 Å². The van der Waals surface area contributed by atoms with Gasteiger partial charge in [0.15, 0.2) is 0 Å². The van der Waals surface area contributed by atoms with Crippen LogP contribution in [0.25, 0.3) is 0 Å². The number of carbonyl (C=O) groups excluding carboxylic acids is 2. The zero-order chi connectivity index (χ0) is 14.2. The van der Waals surface area contributed by atoms with E-state index in [-0.39, 0.29) is 23.3 Å². The summed E-state index contributed by atoms with van der Waals surface area (Å²) in [5.74, 6) is 0.0513. The van der Waals surface area contributed by atoms with Gasteiger partial charge in [-0.25, -0.2) is 0 Å². The average molecular weight is 268 g/mol. The third-order valence-corrected chi connectivity index (χ3v) is 4.14. The second-order valence-electron chi connectivity index (χ2n) is 6.28. The first-order chi connectivity index (χ1) is 8.87. The van der Waals surface area contributed by atoms with Crippen molar-refractivity contribution in [2.75, 3.05) is 13.2 Å². The molecule has 0 aliphatic carbocycles. The largest absolute Gasteiger partial charge is 0.379 e. The van der Waals surface area contributed by atoms with Gasteiger partial charge in [-0.1, -0.05) is 13.8 Å². The van der Waals surface area contributed by atoms with Crippen LogP contribution in [-0.4, -0.2) is 47.6 Å². The first kappa shape index (κ1) is 14.3. The smallest absolute Gasteiger partial charge is 0.246 e. The summed E-state index contributed by atoms with van der Waals surface area (Å²) < 4.78 is 5.56. The molecule has 2 aliphatic rings. The van der Waals surface area contributed by atoms with Gasteiger partial charge in [0.05, 0.1) is 12.1 Å². The Labute approximate surface area is 114 Å². The van der Waals surface area contributed by atoms with Crippen molar-refractivity contribution in [3.05, 3.63) is 0 Å². The van der Waals surface area contributed by atoms with Gasteiger partial charge in [-0.15, -0.1) is 0 Å². The molecule has 2 aliphatic heterocycles. The molecule has 0 saturated carbocycles. The van der Waals surface area contributed by atoms with Crippen LogP contribution in [0.15, 0.2) is 0 Å². The molecule has 2 heterocycles. The fraction of sp³-hybridized carbons (Fsp3) is 0.857. The van der Waals surface area contributed by atoms with Crippen LogP contribution in [0.5, 0.6) is 0 Å². The summed E-state index contributed by atoms with van der Waals surface area (Å²) in [6.45, 7) is 9.00. The number of nitrogens with one attached hydrogen (secondary N) is 1. The number of amides is 2. The SMILES string of the molecule is CC1NC(=O)C(C(C)C)N(C2(C)CCCOC2)C1=O. The maximum Gasteiger partial charge on any atom is 0.246 e. The van der Waals surface area contributed by atoms with E-state index in [4.69, 9.17) is 4.74 Å². The van der Waals surface area contributed by atoms with Crippen molar-refractivity contribution in [3.63, 3.8) is 0 Å². The molecule has 2 fully saturated rings. The zero-order valence-corrected chi connectivity index (χ0v) is 12.2. The lowest BCUT2D eigenvalue weighted by Crippen LogP contribution is -2.71. The summed E-state index contributed by atoms with van der Waals surface area (Å²) in [6.07, 6.45) is 1.82. The van der Waals surface area contributed by atoms with Crippen molar-refractivity contribution in [1.82, 2.24) is 10.2 Å². The van der Waals surface area contributed by atoms with Crippen LogP contribution in [0.3, 0.4) is 0 Å². The van der Waals surface area contributed by atoms with Gasteiger partial charge in [0, 0.05) is 6.61 Å². The minimum absolute atomic E-state index is 0.00583. The molecule has 0 radical (unpaired) electrons. The molecule has 108 valence electrons. The third kappa shape index (κ3) is 2.48. The number of rotatable bonds is 2. The fourth-order valence-electron chi connectivity index (χ4n) is 3.14. The summed E-state index contributed by atoms with van der Waals surface area (Å²) in [5.41, 5.74) is -0.365. The van der Waals surface area contributed by atoms with E-state index in [9.17, 15) is 9.59 Å². The predicted molar refractivity (Wildman–Crippen MR) is 71.5 cm³/mol. The number of nitrogens with zero attached hydrogens (tertiary/aromatic N) is 1. The van der Waals surface area contributed by atoms with E-state index in [1.54, 1.807) is 11.8 Å². The Bertz CT molecular complexity index is 375. The molecule has 0 aromatic carbocycles. The van der Waals surface area contributed by atoms with Gasteiger partial charge >= 0.3 is 0 Å². The molecular weight excluding hydrogens is 244 g/mol. The molecular formula is C14H24N2O3. The van der Waals surface area contributed by atoms with Crippen LogP contribution in [0, 0.1) is 5.92 Å². The molecule has 5 heteroatoms. The third-order valence-electron chi connectivity index (χ3n) is 4.14. The van der Waals surface area contributed by atoms with Gasteiger partial charge in [0.2, 0.25) is 11.8 Å². The van der Waals surface area contributed by atoms with Crippen molar-refractivity contribution < 1.29 is 14.3 Å². The van der Waals surface area contributed by atoms with Crippen LogP contribution < -0.4 is 5.32 Å². The second-order valence-corrected chi connectivity index (χ2v) is 6.28. The summed E-state index contributed by atoms with van der Waals surface area (Å²) in [6, 6.07) is -0.836. The highest BCUT2D eigenvalue weighted by Crippen LogP contribution is 2.32. The minimum Gasteiger partial charge on any atom is -0.379 e. The van der Waals surface area contributed by atoms with E-state index in [0.717, 1.165) is 19.4 Å². The number of hydrogen-bond acceptors (Lipinski definition) is 3. The lowest BCUT2D eigenvalue weighted by atomic mass is 9.86. The maximum absolute atomic E-state index is 12.5. The van der Waals surface area contributed by atoms with Crippen molar-refractivity contribution in [2.24, 2.45) is 5.92 Å². The Kier molecular flexibility index (Phi) is 3.85. The zero-order valence-electron chi connectivity index (χ0n) is 12.2. The van der Waals surface area contributed by atoms with Gasteiger partial charge in [0.1, 0.15) is 12.1 Å². The van der Waals surface area contributed by atoms with E-state index >= 15 is 0 Å². The molecule has 1 N–H and O–H groups in total. The summed E-state index contributed by atoms with van der Waals surface area (Å²) in [7, 11) is 0. The van der Waals surface area contributed by atoms with Crippen molar-refractivity contribution >= 4 is 11.8 Å². The summed E-state index contributed by atoms with van der Waals surface area (Å²) >= 11 is 0. The fourth-order valence-corrected chi connectivity index (χ4v) is 3.14. The van der Waals surface area contributed by atoms with Crippen LogP contribution in [-0.2, 0) is 14.3 Å². The average Bonchev–Trinajstić information content (AvgIpc) is 2.33. The van der Waals surface area contributed by atoms with Crippen LogP contribution in [0.4, 0.5) is 0 Å². The van der Waals surface area contributed by atoms with Crippen LogP contribution in [0.2, 0.25) is 0 Å². The maximum atomic E-state index is 12.5. The van der Waals surface area contributed by atoms with E-state index in [0.29, 0.717) is 6.61 Å².